The first-order chi connectivity index (χ1) is 18.2. The number of nitrogens with one attached hydrogen (secondary N) is 3. The van der Waals surface area contributed by atoms with Gasteiger partial charge in [-0.1, -0.05) is 49.4 Å². The summed E-state index contributed by atoms with van der Waals surface area (Å²) in [6.07, 6.45) is 0. The fraction of sp³-hybridized carbons (Fsp3) is 0.231. The Hall–Kier alpha value is -4.58. The molecule has 1 fully saturated rings. The van der Waals surface area contributed by atoms with E-state index in [-0.39, 0.29) is 16.7 Å². The van der Waals surface area contributed by atoms with Gasteiger partial charge in [0.05, 0.1) is 7.11 Å². The van der Waals surface area contributed by atoms with Crippen molar-refractivity contribution in [3.63, 3.8) is 0 Å². The van der Waals surface area contributed by atoms with E-state index in [0.29, 0.717) is 11.3 Å². The standard InChI is InChI=1S/C26H25N5O6S/c1-14(16-7-5-4-6-8-16)21(22(33)30-25-28-19(13-38-25)24(35)37-3)31-23(34)20(29-26(31)36)17-9-11-18(12-10-17)27-15(2)32/h4-14,20-21H,1-3H3,(H,27,32)(H,29,36)(H,28,30,33)/t14-,20+,21-/m0/s1. The first kappa shape index (κ1) is 26.5. The number of esters is 1. The van der Waals surface area contributed by atoms with E-state index in [1.54, 1.807) is 55.5 Å². The lowest BCUT2D eigenvalue weighted by Gasteiger charge is -2.29. The Labute approximate surface area is 222 Å². The number of aromatic nitrogens is 1. The Morgan fingerprint density at radius 1 is 1.05 bits per heavy atom. The predicted molar refractivity (Wildman–Crippen MR) is 140 cm³/mol. The zero-order chi connectivity index (χ0) is 27.4. The van der Waals surface area contributed by atoms with Crippen LogP contribution in [0.25, 0.3) is 0 Å². The Kier molecular flexibility index (Phi) is 7.82. The number of amides is 5. The molecule has 3 aromatic rings. The van der Waals surface area contributed by atoms with Crippen LogP contribution < -0.4 is 16.0 Å². The molecule has 11 nitrogen and oxygen atoms in total. The molecular formula is C26H25N5O6S. The smallest absolute Gasteiger partial charge is 0.357 e. The zero-order valence-electron chi connectivity index (χ0n) is 20.8. The van der Waals surface area contributed by atoms with Gasteiger partial charge in [-0.3, -0.25) is 14.4 Å². The van der Waals surface area contributed by atoms with Gasteiger partial charge in [0.1, 0.15) is 12.1 Å². The molecule has 2 aromatic carbocycles. The number of thiazole rings is 1. The molecular weight excluding hydrogens is 510 g/mol. The first-order valence-corrected chi connectivity index (χ1v) is 12.5. The van der Waals surface area contributed by atoms with Gasteiger partial charge in [0, 0.05) is 23.9 Å². The molecule has 3 atom stereocenters. The van der Waals surface area contributed by atoms with Crippen molar-refractivity contribution in [2.75, 3.05) is 17.7 Å². The molecule has 196 valence electrons. The number of hydrogen-bond acceptors (Lipinski definition) is 8. The lowest BCUT2D eigenvalue weighted by Crippen LogP contribution is -2.50. The molecule has 0 unspecified atom stereocenters. The van der Waals surface area contributed by atoms with Gasteiger partial charge in [0.2, 0.25) is 11.8 Å². The van der Waals surface area contributed by atoms with Gasteiger partial charge < -0.3 is 20.7 Å². The highest BCUT2D eigenvalue weighted by atomic mass is 32.1. The summed E-state index contributed by atoms with van der Waals surface area (Å²) in [6, 6.07) is 12.6. The summed E-state index contributed by atoms with van der Waals surface area (Å²) in [5.41, 5.74) is 1.80. The van der Waals surface area contributed by atoms with Gasteiger partial charge in [-0.05, 0) is 23.3 Å². The Morgan fingerprint density at radius 3 is 2.37 bits per heavy atom. The molecule has 3 N–H and O–H groups in total. The second-order valence-electron chi connectivity index (χ2n) is 8.56. The highest BCUT2D eigenvalue weighted by Gasteiger charge is 2.47. The van der Waals surface area contributed by atoms with E-state index in [1.165, 1.54) is 19.4 Å². The minimum absolute atomic E-state index is 0.0261. The summed E-state index contributed by atoms with van der Waals surface area (Å²) in [5.74, 6) is -2.71. The van der Waals surface area contributed by atoms with Gasteiger partial charge in [-0.2, -0.15) is 0 Å². The Bertz CT molecular complexity index is 1370. The normalized spacial score (nSPS) is 16.4. The zero-order valence-corrected chi connectivity index (χ0v) is 21.6. The predicted octanol–water partition coefficient (Wildman–Crippen LogP) is 3.29. The minimum atomic E-state index is -1.22. The summed E-state index contributed by atoms with van der Waals surface area (Å²) >= 11 is 1.02. The molecule has 1 aliphatic rings. The molecule has 0 radical (unpaired) electrons. The molecule has 1 aliphatic heterocycles. The van der Waals surface area contributed by atoms with Crippen LogP contribution in [0.2, 0.25) is 0 Å². The lowest BCUT2D eigenvalue weighted by molar-refractivity contribution is -0.134. The number of hydrogen-bond donors (Lipinski definition) is 3. The highest BCUT2D eigenvalue weighted by molar-refractivity contribution is 7.14. The van der Waals surface area contributed by atoms with Crippen LogP contribution in [0, 0.1) is 0 Å². The molecule has 4 rings (SSSR count). The topological polar surface area (TPSA) is 147 Å². The third-order valence-electron chi connectivity index (χ3n) is 6.01. The largest absolute Gasteiger partial charge is 0.464 e. The van der Waals surface area contributed by atoms with Crippen molar-refractivity contribution in [2.45, 2.75) is 31.8 Å². The van der Waals surface area contributed by atoms with E-state index < -0.39 is 41.8 Å². The number of nitrogens with zero attached hydrogens (tertiary/aromatic N) is 2. The van der Waals surface area contributed by atoms with Crippen molar-refractivity contribution in [1.29, 1.82) is 0 Å². The van der Waals surface area contributed by atoms with Gasteiger partial charge >= 0.3 is 12.0 Å². The number of benzene rings is 2. The van der Waals surface area contributed by atoms with E-state index in [1.807, 2.05) is 6.07 Å². The maximum absolute atomic E-state index is 13.6. The summed E-state index contributed by atoms with van der Waals surface area (Å²) in [5, 5.41) is 9.50. The molecule has 2 heterocycles. The van der Waals surface area contributed by atoms with E-state index in [4.69, 9.17) is 0 Å². The number of anilines is 2. The molecule has 5 amide bonds. The molecule has 0 spiro atoms. The summed E-state index contributed by atoms with van der Waals surface area (Å²) in [6.45, 7) is 3.13. The third-order valence-corrected chi connectivity index (χ3v) is 6.77. The number of methoxy groups -OCH3 is 1. The average Bonchev–Trinajstić information content (AvgIpc) is 3.49. The van der Waals surface area contributed by atoms with Crippen molar-refractivity contribution in [3.05, 3.63) is 76.8 Å². The quantitative estimate of drug-likeness (QED) is 0.296. The van der Waals surface area contributed by atoms with Crippen molar-refractivity contribution < 1.29 is 28.7 Å². The van der Waals surface area contributed by atoms with Crippen LogP contribution >= 0.6 is 11.3 Å². The molecule has 12 heteroatoms. The molecule has 0 bridgehead atoms. The molecule has 0 aliphatic carbocycles. The van der Waals surface area contributed by atoms with E-state index in [0.717, 1.165) is 21.8 Å². The van der Waals surface area contributed by atoms with E-state index in [2.05, 4.69) is 25.7 Å². The maximum atomic E-state index is 13.6. The Morgan fingerprint density at radius 2 is 1.74 bits per heavy atom. The van der Waals surface area contributed by atoms with Crippen molar-refractivity contribution in [1.82, 2.24) is 15.2 Å². The SMILES string of the molecule is COC(=O)c1csc(NC(=O)[C@H]([C@@H](C)c2ccccc2)N2C(=O)N[C@H](c3ccc(NC(C)=O)cc3)C2=O)n1. The molecule has 1 saturated heterocycles. The second kappa shape index (κ2) is 11.2. The van der Waals surface area contributed by atoms with Crippen LogP contribution in [-0.2, 0) is 19.1 Å². The fourth-order valence-electron chi connectivity index (χ4n) is 4.16. The second-order valence-corrected chi connectivity index (χ2v) is 9.41. The van der Waals surface area contributed by atoms with E-state index in [9.17, 15) is 24.0 Å². The minimum Gasteiger partial charge on any atom is -0.464 e. The molecule has 38 heavy (non-hydrogen) atoms. The van der Waals surface area contributed by atoms with Crippen LogP contribution in [0.3, 0.4) is 0 Å². The number of rotatable bonds is 8. The number of imide groups is 1. The summed E-state index contributed by atoms with van der Waals surface area (Å²) < 4.78 is 4.65. The number of carbonyl (C=O) groups is 5. The van der Waals surface area contributed by atoms with Gasteiger partial charge in [-0.15, -0.1) is 11.3 Å². The lowest BCUT2D eigenvalue weighted by atomic mass is 9.91. The summed E-state index contributed by atoms with van der Waals surface area (Å²) in [7, 11) is 1.22. The number of carbonyl (C=O) groups excluding carboxylic acids is 5. The third kappa shape index (κ3) is 5.54. The number of urea groups is 1. The van der Waals surface area contributed by atoms with Crippen molar-refractivity contribution >= 4 is 51.9 Å². The number of ether oxygens (including phenoxy) is 1. The van der Waals surface area contributed by atoms with Crippen LogP contribution in [0.1, 0.15) is 47.4 Å². The molecule has 0 saturated carbocycles. The van der Waals surface area contributed by atoms with Gasteiger partial charge in [0.15, 0.2) is 10.8 Å². The first-order valence-electron chi connectivity index (χ1n) is 11.6. The summed E-state index contributed by atoms with van der Waals surface area (Å²) in [4.78, 5) is 68.3. The van der Waals surface area contributed by atoms with Crippen LogP contribution in [0.4, 0.5) is 15.6 Å². The van der Waals surface area contributed by atoms with Crippen molar-refractivity contribution in [2.24, 2.45) is 0 Å². The van der Waals surface area contributed by atoms with Crippen LogP contribution in [0.15, 0.2) is 60.0 Å². The Balaban J connectivity index is 1.63. The van der Waals surface area contributed by atoms with Gasteiger partial charge in [0.25, 0.3) is 5.91 Å². The monoisotopic (exact) mass is 535 g/mol. The molecule has 1 aromatic heterocycles. The highest BCUT2D eigenvalue weighted by Crippen LogP contribution is 2.31. The average molecular weight is 536 g/mol. The van der Waals surface area contributed by atoms with Gasteiger partial charge in [-0.25, -0.2) is 19.5 Å². The van der Waals surface area contributed by atoms with Crippen LogP contribution in [0.5, 0.6) is 0 Å². The van der Waals surface area contributed by atoms with Crippen LogP contribution in [-0.4, -0.2) is 52.8 Å². The van der Waals surface area contributed by atoms with Crippen molar-refractivity contribution in [3.8, 4) is 0 Å². The fourth-order valence-corrected chi connectivity index (χ4v) is 4.84. The van der Waals surface area contributed by atoms with E-state index >= 15 is 0 Å². The maximum Gasteiger partial charge on any atom is 0.357 e.